The molecule has 4 nitrogen and oxygen atoms in total. The summed E-state index contributed by atoms with van der Waals surface area (Å²) in [5.74, 6) is -0.143. The second-order valence-electron chi connectivity index (χ2n) is 4.47. The predicted octanol–water partition coefficient (Wildman–Crippen LogP) is 2.66. The monoisotopic (exact) mass is 301 g/mol. The molecule has 6 heteroatoms. The SMILES string of the molecule is O=C(CCC(=O)c1ccc(Cl)s1)NCC1CCCO1. The Hall–Kier alpha value is -0.910. The van der Waals surface area contributed by atoms with Crippen molar-refractivity contribution in [3.63, 3.8) is 0 Å². The van der Waals surface area contributed by atoms with E-state index >= 15 is 0 Å². The summed E-state index contributed by atoms with van der Waals surface area (Å²) < 4.78 is 6.00. The van der Waals surface area contributed by atoms with Crippen LogP contribution in [0.5, 0.6) is 0 Å². The number of rotatable bonds is 6. The first kappa shape index (κ1) is 14.5. The largest absolute Gasteiger partial charge is 0.376 e. The Kier molecular flexibility index (Phi) is 5.36. The van der Waals surface area contributed by atoms with Crippen molar-refractivity contribution < 1.29 is 14.3 Å². The topological polar surface area (TPSA) is 55.4 Å². The summed E-state index contributed by atoms with van der Waals surface area (Å²) in [5, 5.41) is 2.80. The quantitative estimate of drug-likeness (QED) is 0.822. The van der Waals surface area contributed by atoms with Crippen LogP contribution in [0, 0.1) is 0 Å². The number of halogens is 1. The van der Waals surface area contributed by atoms with Crippen molar-refractivity contribution in [2.75, 3.05) is 13.2 Å². The number of carbonyl (C=O) groups is 2. The molecule has 0 bridgehead atoms. The van der Waals surface area contributed by atoms with Crippen LogP contribution < -0.4 is 5.32 Å². The van der Waals surface area contributed by atoms with Crippen LogP contribution in [0.25, 0.3) is 0 Å². The van der Waals surface area contributed by atoms with Crippen LogP contribution in [0.4, 0.5) is 0 Å². The number of carbonyl (C=O) groups excluding carboxylic acids is 2. The molecule has 1 fully saturated rings. The molecule has 0 saturated carbocycles. The first-order valence-electron chi connectivity index (χ1n) is 6.32. The van der Waals surface area contributed by atoms with E-state index in [1.54, 1.807) is 12.1 Å². The standard InChI is InChI=1S/C13H16ClNO3S/c14-12-5-4-11(19-12)10(16)3-6-13(17)15-8-9-2-1-7-18-9/h4-5,9H,1-3,6-8H2,(H,15,17). The fourth-order valence-electron chi connectivity index (χ4n) is 1.94. The van der Waals surface area contributed by atoms with Gasteiger partial charge >= 0.3 is 0 Å². The predicted molar refractivity (Wildman–Crippen MR) is 74.9 cm³/mol. The molecule has 2 rings (SSSR count). The van der Waals surface area contributed by atoms with Crippen LogP contribution in [-0.2, 0) is 9.53 Å². The van der Waals surface area contributed by atoms with E-state index < -0.39 is 0 Å². The highest BCUT2D eigenvalue weighted by Crippen LogP contribution is 2.22. The third kappa shape index (κ3) is 4.60. The molecule has 19 heavy (non-hydrogen) atoms. The van der Waals surface area contributed by atoms with E-state index in [9.17, 15) is 9.59 Å². The summed E-state index contributed by atoms with van der Waals surface area (Å²) in [4.78, 5) is 24.0. The van der Waals surface area contributed by atoms with Crippen LogP contribution in [0.1, 0.15) is 35.4 Å². The van der Waals surface area contributed by atoms with E-state index in [0.717, 1.165) is 19.4 Å². The molecule has 2 heterocycles. The lowest BCUT2D eigenvalue weighted by Crippen LogP contribution is -2.31. The molecule has 1 N–H and O–H groups in total. The second-order valence-corrected chi connectivity index (χ2v) is 6.18. The highest BCUT2D eigenvalue weighted by molar-refractivity contribution is 7.18. The third-order valence-corrected chi connectivity index (χ3v) is 4.25. The van der Waals surface area contributed by atoms with Crippen molar-refractivity contribution in [3.05, 3.63) is 21.3 Å². The van der Waals surface area contributed by atoms with Gasteiger partial charge in [0.1, 0.15) is 0 Å². The zero-order valence-electron chi connectivity index (χ0n) is 10.5. The van der Waals surface area contributed by atoms with Crippen LogP contribution in [-0.4, -0.2) is 30.9 Å². The maximum atomic E-state index is 11.8. The Morgan fingerprint density at radius 2 is 2.26 bits per heavy atom. The van der Waals surface area contributed by atoms with Gasteiger partial charge in [-0.3, -0.25) is 9.59 Å². The summed E-state index contributed by atoms with van der Waals surface area (Å²) in [7, 11) is 0. The highest BCUT2D eigenvalue weighted by atomic mass is 35.5. The van der Waals surface area contributed by atoms with Crippen molar-refractivity contribution in [2.24, 2.45) is 0 Å². The molecule has 1 aromatic heterocycles. The lowest BCUT2D eigenvalue weighted by Gasteiger charge is -2.10. The number of thiophene rings is 1. The maximum Gasteiger partial charge on any atom is 0.220 e. The highest BCUT2D eigenvalue weighted by Gasteiger charge is 2.17. The van der Waals surface area contributed by atoms with Gasteiger partial charge in [0.25, 0.3) is 0 Å². The Balaban J connectivity index is 1.66. The zero-order chi connectivity index (χ0) is 13.7. The molecule has 104 valence electrons. The Labute approximate surface area is 121 Å². The Bertz CT molecular complexity index is 454. The van der Waals surface area contributed by atoms with Gasteiger partial charge in [0, 0.05) is 26.0 Å². The number of Topliss-reactive ketones (excluding diaryl/α,β-unsaturated/α-hetero) is 1. The van der Waals surface area contributed by atoms with Crippen molar-refractivity contribution in [3.8, 4) is 0 Å². The minimum atomic E-state index is -0.105. The fourth-order valence-corrected chi connectivity index (χ4v) is 2.95. The molecule has 1 aliphatic heterocycles. The van der Waals surface area contributed by atoms with Crippen molar-refractivity contribution >= 4 is 34.6 Å². The first-order valence-corrected chi connectivity index (χ1v) is 7.51. The molecule has 0 aromatic carbocycles. The van der Waals surface area contributed by atoms with Crippen LogP contribution >= 0.6 is 22.9 Å². The van der Waals surface area contributed by atoms with Crippen LogP contribution in [0.3, 0.4) is 0 Å². The van der Waals surface area contributed by atoms with Gasteiger partial charge in [-0.25, -0.2) is 0 Å². The molecule has 1 saturated heterocycles. The van der Waals surface area contributed by atoms with Gasteiger partial charge in [0.05, 0.1) is 15.3 Å². The van der Waals surface area contributed by atoms with Gasteiger partial charge in [0.15, 0.2) is 5.78 Å². The number of hydrogen-bond acceptors (Lipinski definition) is 4. The van der Waals surface area contributed by atoms with Gasteiger partial charge in [-0.15, -0.1) is 11.3 Å². The summed E-state index contributed by atoms with van der Waals surface area (Å²) in [5.41, 5.74) is 0. The van der Waals surface area contributed by atoms with E-state index in [0.29, 0.717) is 15.8 Å². The number of amides is 1. The molecule has 1 amide bonds. The summed E-state index contributed by atoms with van der Waals surface area (Å²) in [6.45, 7) is 1.32. The average molecular weight is 302 g/mol. The van der Waals surface area contributed by atoms with Crippen molar-refractivity contribution in [1.29, 1.82) is 0 Å². The van der Waals surface area contributed by atoms with Crippen LogP contribution in [0.2, 0.25) is 4.34 Å². The summed E-state index contributed by atoms with van der Waals surface area (Å²) in [6, 6.07) is 3.39. The number of hydrogen-bond donors (Lipinski definition) is 1. The van der Waals surface area contributed by atoms with Crippen LogP contribution in [0.15, 0.2) is 12.1 Å². The third-order valence-electron chi connectivity index (χ3n) is 2.98. The van der Waals surface area contributed by atoms with E-state index in [4.69, 9.17) is 16.3 Å². The minimum absolute atomic E-state index is 0.0378. The molecular weight excluding hydrogens is 286 g/mol. The molecule has 1 aliphatic rings. The van der Waals surface area contributed by atoms with E-state index in [1.807, 2.05) is 0 Å². The Morgan fingerprint density at radius 3 is 2.89 bits per heavy atom. The maximum absolute atomic E-state index is 11.8. The lowest BCUT2D eigenvalue weighted by atomic mass is 10.2. The average Bonchev–Trinajstić information content (AvgIpc) is 3.04. The molecule has 1 atom stereocenters. The van der Waals surface area contributed by atoms with Gasteiger partial charge in [-0.1, -0.05) is 11.6 Å². The first-order chi connectivity index (χ1) is 9.15. The van der Waals surface area contributed by atoms with Crippen molar-refractivity contribution in [1.82, 2.24) is 5.32 Å². The minimum Gasteiger partial charge on any atom is -0.376 e. The van der Waals surface area contributed by atoms with Gasteiger partial charge in [-0.2, -0.15) is 0 Å². The molecule has 1 aromatic rings. The summed E-state index contributed by atoms with van der Waals surface area (Å²) in [6.07, 6.45) is 2.61. The normalized spacial score (nSPS) is 18.5. The summed E-state index contributed by atoms with van der Waals surface area (Å²) >= 11 is 7.01. The number of ketones is 1. The molecule has 0 radical (unpaired) electrons. The second kappa shape index (κ2) is 7.03. The van der Waals surface area contributed by atoms with E-state index in [1.165, 1.54) is 11.3 Å². The van der Waals surface area contributed by atoms with Gasteiger partial charge in [0.2, 0.25) is 5.91 Å². The fraction of sp³-hybridized carbons (Fsp3) is 0.538. The number of ether oxygens (including phenoxy) is 1. The van der Waals surface area contributed by atoms with Crippen molar-refractivity contribution in [2.45, 2.75) is 31.8 Å². The lowest BCUT2D eigenvalue weighted by molar-refractivity contribution is -0.121. The van der Waals surface area contributed by atoms with E-state index in [2.05, 4.69) is 5.32 Å². The van der Waals surface area contributed by atoms with Gasteiger partial charge in [-0.05, 0) is 25.0 Å². The number of nitrogens with one attached hydrogen (secondary N) is 1. The smallest absolute Gasteiger partial charge is 0.220 e. The molecule has 0 spiro atoms. The molecular formula is C13H16ClNO3S. The van der Waals surface area contributed by atoms with E-state index in [-0.39, 0.29) is 30.6 Å². The Morgan fingerprint density at radius 1 is 1.42 bits per heavy atom. The molecule has 0 aliphatic carbocycles. The van der Waals surface area contributed by atoms with Gasteiger partial charge < -0.3 is 10.1 Å². The molecule has 1 unspecified atom stereocenters. The zero-order valence-corrected chi connectivity index (χ0v) is 12.1.